The Kier molecular flexibility index (Phi) is 3.93. The SMILES string of the molecule is CC(C)Oc1ccc(C(O)C2(O)CCCC2)cc1. The van der Waals surface area contributed by atoms with Gasteiger partial charge in [0.25, 0.3) is 0 Å². The molecule has 1 unspecified atom stereocenters. The molecule has 3 nitrogen and oxygen atoms in total. The molecule has 1 aromatic carbocycles. The summed E-state index contributed by atoms with van der Waals surface area (Å²) in [7, 11) is 0. The highest BCUT2D eigenvalue weighted by molar-refractivity contribution is 5.30. The Morgan fingerprint density at radius 2 is 1.67 bits per heavy atom. The maximum absolute atomic E-state index is 10.3. The smallest absolute Gasteiger partial charge is 0.119 e. The van der Waals surface area contributed by atoms with Crippen molar-refractivity contribution in [2.45, 2.75) is 57.3 Å². The Balaban J connectivity index is 2.09. The summed E-state index contributed by atoms with van der Waals surface area (Å²) in [6, 6.07) is 7.35. The average Bonchev–Trinajstić information content (AvgIpc) is 2.77. The van der Waals surface area contributed by atoms with Crippen molar-refractivity contribution in [3.05, 3.63) is 29.8 Å². The lowest BCUT2D eigenvalue weighted by molar-refractivity contribution is -0.0719. The number of aliphatic hydroxyl groups is 2. The number of aliphatic hydroxyl groups excluding tert-OH is 1. The fourth-order valence-electron chi connectivity index (χ4n) is 2.57. The predicted octanol–water partition coefficient (Wildman–Crippen LogP) is 2.81. The molecule has 0 heterocycles. The van der Waals surface area contributed by atoms with Crippen molar-refractivity contribution in [1.29, 1.82) is 0 Å². The largest absolute Gasteiger partial charge is 0.491 e. The lowest BCUT2D eigenvalue weighted by atomic mass is 9.89. The predicted molar refractivity (Wildman–Crippen MR) is 70.6 cm³/mol. The van der Waals surface area contributed by atoms with Gasteiger partial charge in [0.15, 0.2) is 0 Å². The van der Waals surface area contributed by atoms with Crippen LogP contribution in [0.3, 0.4) is 0 Å². The van der Waals surface area contributed by atoms with Crippen molar-refractivity contribution in [2.75, 3.05) is 0 Å². The van der Waals surface area contributed by atoms with Crippen molar-refractivity contribution < 1.29 is 14.9 Å². The van der Waals surface area contributed by atoms with E-state index in [9.17, 15) is 10.2 Å². The molecule has 0 spiro atoms. The molecular weight excluding hydrogens is 228 g/mol. The average molecular weight is 250 g/mol. The van der Waals surface area contributed by atoms with Gasteiger partial charge in [-0.25, -0.2) is 0 Å². The van der Waals surface area contributed by atoms with Gasteiger partial charge < -0.3 is 14.9 Å². The maximum Gasteiger partial charge on any atom is 0.119 e. The van der Waals surface area contributed by atoms with Crippen molar-refractivity contribution in [2.24, 2.45) is 0 Å². The topological polar surface area (TPSA) is 49.7 Å². The highest BCUT2D eigenvalue weighted by Gasteiger charge is 2.39. The van der Waals surface area contributed by atoms with Crippen molar-refractivity contribution in [1.82, 2.24) is 0 Å². The van der Waals surface area contributed by atoms with Crippen molar-refractivity contribution in [3.8, 4) is 5.75 Å². The van der Waals surface area contributed by atoms with E-state index in [4.69, 9.17) is 4.74 Å². The lowest BCUT2D eigenvalue weighted by Gasteiger charge is -2.28. The zero-order chi connectivity index (χ0) is 13.2. The van der Waals surface area contributed by atoms with E-state index in [-0.39, 0.29) is 6.10 Å². The molecule has 1 fully saturated rings. The van der Waals surface area contributed by atoms with E-state index < -0.39 is 11.7 Å². The van der Waals surface area contributed by atoms with E-state index in [1.165, 1.54) is 0 Å². The summed E-state index contributed by atoms with van der Waals surface area (Å²) < 4.78 is 5.56. The third kappa shape index (κ3) is 2.85. The minimum Gasteiger partial charge on any atom is -0.491 e. The summed E-state index contributed by atoms with van der Waals surface area (Å²) in [5, 5.41) is 20.6. The first-order valence-corrected chi connectivity index (χ1v) is 6.68. The first kappa shape index (κ1) is 13.4. The molecule has 0 aliphatic heterocycles. The van der Waals surface area contributed by atoms with Crippen LogP contribution in [0.2, 0.25) is 0 Å². The summed E-state index contributed by atoms with van der Waals surface area (Å²) in [5.74, 6) is 0.791. The van der Waals surface area contributed by atoms with Crippen LogP contribution in [0, 0.1) is 0 Å². The second-order valence-corrected chi connectivity index (χ2v) is 5.45. The Bertz CT molecular complexity index is 377. The number of rotatable bonds is 4. The summed E-state index contributed by atoms with van der Waals surface area (Å²) in [5.41, 5.74) is -0.184. The molecule has 1 aliphatic carbocycles. The van der Waals surface area contributed by atoms with Gasteiger partial charge in [-0.15, -0.1) is 0 Å². The first-order chi connectivity index (χ1) is 8.51. The fraction of sp³-hybridized carbons (Fsp3) is 0.600. The molecule has 100 valence electrons. The minimum absolute atomic E-state index is 0.139. The van der Waals surface area contributed by atoms with Crippen LogP contribution in [0.25, 0.3) is 0 Å². The number of benzene rings is 1. The van der Waals surface area contributed by atoms with Gasteiger partial charge in [-0.05, 0) is 44.4 Å². The second kappa shape index (κ2) is 5.29. The zero-order valence-electron chi connectivity index (χ0n) is 11.1. The molecule has 1 saturated carbocycles. The van der Waals surface area contributed by atoms with Gasteiger partial charge >= 0.3 is 0 Å². The molecule has 0 bridgehead atoms. The monoisotopic (exact) mass is 250 g/mol. The van der Waals surface area contributed by atoms with Crippen LogP contribution in [-0.2, 0) is 0 Å². The quantitative estimate of drug-likeness (QED) is 0.864. The number of hydrogen-bond donors (Lipinski definition) is 2. The molecular formula is C15H22O3. The van der Waals surface area contributed by atoms with Crippen LogP contribution in [-0.4, -0.2) is 21.9 Å². The van der Waals surface area contributed by atoms with Gasteiger partial charge in [0.1, 0.15) is 11.9 Å². The van der Waals surface area contributed by atoms with Crippen LogP contribution in [0.15, 0.2) is 24.3 Å². The van der Waals surface area contributed by atoms with Crippen LogP contribution < -0.4 is 4.74 Å². The van der Waals surface area contributed by atoms with Gasteiger partial charge in [0.05, 0.1) is 11.7 Å². The van der Waals surface area contributed by atoms with Crippen LogP contribution >= 0.6 is 0 Å². The Morgan fingerprint density at radius 3 is 2.17 bits per heavy atom. The van der Waals surface area contributed by atoms with E-state index in [0.29, 0.717) is 12.8 Å². The van der Waals surface area contributed by atoms with E-state index in [1.807, 2.05) is 38.1 Å². The van der Waals surface area contributed by atoms with E-state index >= 15 is 0 Å². The molecule has 0 amide bonds. The third-order valence-corrected chi connectivity index (χ3v) is 3.55. The summed E-state index contributed by atoms with van der Waals surface area (Å²) in [4.78, 5) is 0. The van der Waals surface area contributed by atoms with E-state index in [2.05, 4.69) is 0 Å². The second-order valence-electron chi connectivity index (χ2n) is 5.45. The third-order valence-electron chi connectivity index (χ3n) is 3.55. The van der Waals surface area contributed by atoms with Gasteiger partial charge in [0.2, 0.25) is 0 Å². The molecule has 3 heteroatoms. The van der Waals surface area contributed by atoms with E-state index in [1.54, 1.807) is 0 Å². The Morgan fingerprint density at radius 1 is 1.11 bits per heavy atom. The first-order valence-electron chi connectivity index (χ1n) is 6.68. The van der Waals surface area contributed by atoms with Gasteiger partial charge in [0, 0.05) is 0 Å². The molecule has 0 aromatic heterocycles. The summed E-state index contributed by atoms with van der Waals surface area (Å²) in [6.07, 6.45) is 2.67. The molecule has 1 aromatic rings. The maximum atomic E-state index is 10.3. The van der Waals surface area contributed by atoms with Gasteiger partial charge in [-0.3, -0.25) is 0 Å². The number of ether oxygens (including phenoxy) is 1. The summed E-state index contributed by atoms with van der Waals surface area (Å²) >= 11 is 0. The number of hydrogen-bond acceptors (Lipinski definition) is 3. The molecule has 0 saturated heterocycles. The molecule has 1 aliphatic rings. The molecule has 1 atom stereocenters. The molecule has 18 heavy (non-hydrogen) atoms. The normalized spacial score (nSPS) is 20.1. The minimum atomic E-state index is -0.944. The van der Waals surface area contributed by atoms with Crippen molar-refractivity contribution >= 4 is 0 Å². The van der Waals surface area contributed by atoms with Crippen molar-refractivity contribution in [3.63, 3.8) is 0 Å². The Hall–Kier alpha value is -1.06. The standard InChI is InChI=1S/C15H22O3/c1-11(2)18-13-7-5-12(6-8-13)14(16)15(17)9-3-4-10-15/h5-8,11,14,16-17H,3-4,9-10H2,1-2H3. The van der Waals surface area contributed by atoms with Gasteiger partial charge in [-0.1, -0.05) is 25.0 Å². The lowest BCUT2D eigenvalue weighted by Crippen LogP contribution is -2.32. The molecule has 2 N–H and O–H groups in total. The van der Waals surface area contributed by atoms with Crippen LogP contribution in [0.5, 0.6) is 5.75 Å². The van der Waals surface area contributed by atoms with Crippen LogP contribution in [0.4, 0.5) is 0 Å². The van der Waals surface area contributed by atoms with Crippen LogP contribution in [0.1, 0.15) is 51.2 Å². The zero-order valence-corrected chi connectivity index (χ0v) is 11.1. The highest BCUT2D eigenvalue weighted by Crippen LogP contribution is 2.39. The highest BCUT2D eigenvalue weighted by atomic mass is 16.5. The van der Waals surface area contributed by atoms with E-state index in [0.717, 1.165) is 24.2 Å². The molecule has 0 radical (unpaired) electrons. The summed E-state index contributed by atoms with van der Waals surface area (Å²) in [6.45, 7) is 3.95. The molecule has 2 rings (SSSR count). The van der Waals surface area contributed by atoms with Gasteiger partial charge in [-0.2, -0.15) is 0 Å². The fourth-order valence-corrected chi connectivity index (χ4v) is 2.57. The Labute approximate surface area is 108 Å².